The average molecular weight is 299 g/mol. The van der Waals surface area contributed by atoms with Crippen LogP contribution < -0.4 is 10.6 Å². The molecule has 7 heteroatoms. The zero-order valence-corrected chi connectivity index (χ0v) is 12.8. The highest BCUT2D eigenvalue weighted by molar-refractivity contribution is 5.84. The second-order valence-corrected chi connectivity index (χ2v) is 5.55. The van der Waals surface area contributed by atoms with Gasteiger partial charge >= 0.3 is 12.0 Å². The fraction of sp³-hybridized carbons (Fsp3) is 0.786. The summed E-state index contributed by atoms with van der Waals surface area (Å²) in [6, 6.07) is -0.382. The van der Waals surface area contributed by atoms with Crippen LogP contribution in [0.25, 0.3) is 0 Å². The van der Waals surface area contributed by atoms with E-state index in [0.717, 1.165) is 19.3 Å². The van der Waals surface area contributed by atoms with Crippen LogP contribution in [0.2, 0.25) is 0 Å². The zero-order valence-electron chi connectivity index (χ0n) is 12.8. The maximum absolute atomic E-state index is 12.1. The second-order valence-electron chi connectivity index (χ2n) is 5.55. The molecule has 1 aliphatic carbocycles. The van der Waals surface area contributed by atoms with Gasteiger partial charge in [-0.2, -0.15) is 0 Å². The van der Waals surface area contributed by atoms with E-state index in [4.69, 9.17) is 0 Å². The van der Waals surface area contributed by atoms with Crippen molar-refractivity contribution in [3.05, 3.63) is 0 Å². The number of amides is 3. The third-order valence-corrected chi connectivity index (χ3v) is 3.99. The number of nitrogens with one attached hydrogen (secondary N) is 2. The molecule has 1 rings (SSSR count). The van der Waals surface area contributed by atoms with E-state index in [2.05, 4.69) is 10.6 Å². The van der Waals surface area contributed by atoms with Crippen molar-refractivity contribution in [1.29, 1.82) is 0 Å². The Bertz CT molecular complexity index is 392. The predicted octanol–water partition coefficient (Wildman–Crippen LogP) is 0.799. The average Bonchev–Trinajstić information content (AvgIpc) is 2.94. The van der Waals surface area contributed by atoms with Crippen molar-refractivity contribution in [1.82, 2.24) is 15.5 Å². The Balaban J connectivity index is 2.60. The molecule has 3 amide bonds. The first-order valence-corrected chi connectivity index (χ1v) is 7.42. The molecule has 0 radical (unpaired) electrons. The molecule has 3 N–H and O–H groups in total. The number of hydrogen-bond donors (Lipinski definition) is 3. The molecule has 7 nitrogen and oxygen atoms in total. The quantitative estimate of drug-likeness (QED) is 0.647. The van der Waals surface area contributed by atoms with Gasteiger partial charge in [-0.1, -0.05) is 19.8 Å². The SMILES string of the molecule is CCCN(CC(=O)NC)C(=O)NCC1(C(=O)O)CCCC1. The van der Waals surface area contributed by atoms with Gasteiger partial charge in [-0.15, -0.1) is 0 Å². The summed E-state index contributed by atoms with van der Waals surface area (Å²) < 4.78 is 0. The van der Waals surface area contributed by atoms with Gasteiger partial charge in [0.05, 0.1) is 5.41 Å². The lowest BCUT2D eigenvalue weighted by Gasteiger charge is -2.27. The van der Waals surface area contributed by atoms with Crippen molar-refractivity contribution in [2.45, 2.75) is 39.0 Å². The van der Waals surface area contributed by atoms with Crippen LogP contribution in [0.1, 0.15) is 39.0 Å². The Hall–Kier alpha value is -1.79. The minimum atomic E-state index is -0.853. The van der Waals surface area contributed by atoms with E-state index < -0.39 is 11.4 Å². The molecule has 0 spiro atoms. The van der Waals surface area contributed by atoms with Gasteiger partial charge in [-0.25, -0.2) is 4.79 Å². The van der Waals surface area contributed by atoms with Crippen LogP contribution in [-0.4, -0.2) is 54.6 Å². The van der Waals surface area contributed by atoms with Crippen molar-refractivity contribution >= 4 is 17.9 Å². The third kappa shape index (κ3) is 4.61. The first-order valence-electron chi connectivity index (χ1n) is 7.42. The van der Waals surface area contributed by atoms with E-state index in [-0.39, 0.29) is 25.0 Å². The Kier molecular flexibility index (Phi) is 6.45. The number of carbonyl (C=O) groups excluding carboxylic acids is 2. The number of hydrogen-bond acceptors (Lipinski definition) is 3. The molecular formula is C14H25N3O4. The minimum Gasteiger partial charge on any atom is -0.481 e. The van der Waals surface area contributed by atoms with E-state index in [1.165, 1.54) is 11.9 Å². The smallest absolute Gasteiger partial charge is 0.317 e. The molecule has 21 heavy (non-hydrogen) atoms. The van der Waals surface area contributed by atoms with Crippen LogP contribution in [0, 0.1) is 5.41 Å². The van der Waals surface area contributed by atoms with Crippen LogP contribution in [0.5, 0.6) is 0 Å². The molecule has 0 aromatic carbocycles. The molecule has 0 heterocycles. The molecule has 0 atom stereocenters. The molecule has 0 aromatic heterocycles. The molecule has 0 aromatic rings. The summed E-state index contributed by atoms with van der Waals surface area (Å²) in [5.74, 6) is -1.10. The van der Waals surface area contributed by atoms with Crippen LogP contribution in [0.15, 0.2) is 0 Å². The summed E-state index contributed by atoms with van der Waals surface area (Å²) in [4.78, 5) is 36.4. The number of carboxylic acids is 1. The van der Waals surface area contributed by atoms with Crippen LogP contribution in [0.3, 0.4) is 0 Å². The van der Waals surface area contributed by atoms with Crippen LogP contribution >= 0.6 is 0 Å². The molecule has 120 valence electrons. The van der Waals surface area contributed by atoms with Gasteiger partial charge in [0.15, 0.2) is 0 Å². The van der Waals surface area contributed by atoms with Gasteiger partial charge in [0.2, 0.25) is 5.91 Å². The Morgan fingerprint density at radius 2 is 1.86 bits per heavy atom. The third-order valence-electron chi connectivity index (χ3n) is 3.99. The van der Waals surface area contributed by atoms with Crippen LogP contribution in [-0.2, 0) is 9.59 Å². The fourth-order valence-corrected chi connectivity index (χ4v) is 2.65. The highest BCUT2D eigenvalue weighted by Crippen LogP contribution is 2.37. The lowest BCUT2D eigenvalue weighted by Crippen LogP contribution is -2.49. The highest BCUT2D eigenvalue weighted by atomic mass is 16.4. The summed E-state index contributed by atoms with van der Waals surface area (Å²) in [7, 11) is 1.52. The van der Waals surface area contributed by atoms with E-state index in [1.807, 2.05) is 6.92 Å². The van der Waals surface area contributed by atoms with Gasteiger partial charge in [0.25, 0.3) is 0 Å². The summed E-state index contributed by atoms with van der Waals surface area (Å²) in [5.41, 5.74) is -0.847. The molecule has 1 aliphatic rings. The van der Waals surface area contributed by atoms with Gasteiger partial charge in [0.1, 0.15) is 6.54 Å². The van der Waals surface area contributed by atoms with E-state index in [0.29, 0.717) is 19.4 Å². The van der Waals surface area contributed by atoms with Crippen molar-refractivity contribution in [3.8, 4) is 0 Å². The molecule has 0 aliphatic heterocycles. The number of likely N-dealkylation sites (N-methyl/N-ethyl adjacent to an activating group) is 1. The molecule has 1 saturated carbocycles. The molecular weight excluding hydrogens is 274 g/mol. The first kappa shape index (κ1) is 17.3. The Labute approximate surface area is 125 Å². The molecule has 0 unspecified atom stereocenters. The predicted molar refractivity (Wildman–Crippen MR) is 77.9 cm³/mol. The number of rotatable bonds is 7. The Morgan fingerprint density at radius 1 is 1.24 bits per heavy atom. The van der Waals surface area contributed by atoms with Gasteiger partial charge in [-0.05, 0) is 19.3 Å². The van der Waals surface area contributed by atoms with E-state index in [1.54, 1.807) is 0 Å². The first-order chi connectivity index (χ1) is 9.95. The number of carbonyl (C=O) groups is 3. The topological polar surface area (TPSA) is 98.7 Å². The summed E-state index contributed by atoms with van der Waals surface area (Å²) in [6.07, 6.45) is 3.66. The number of aliphatic carboxylic acids is 1. The normalized spacial score (nSPS) is 16.3. The monoisotopic (exact) mass is 299 g/mol. The van der Waals surface area contributed by atoms with Crippen molar-refractivity contribution < 1.29 is 19.5 Å². The molecule has 0 saturated heterocycles. The zero-order chi connectivity index (χ0) is 15.9. The Morgan fingerprint density at radius 3 is 2.33 bits per heavy atom. The van der Waals surface area contributed by atoms with Crippen molar-refractivity contribution in [3.63, 3.8) is 0 Å². The second kappa shape index (κ2) is 7.85. The number of urea groups is 1. The maximum Gasteiger partial charge on any atom is 0.317 e. The van der Waals surface area contributed by atoms with Gasteiger partial charge in [-0.3, -0.25) is 9.59 Å². The summed E-state index contributed by atoms with van der Waals surface area (Å²) in [6.45, 7) is 2.48. The van der Waals surface area contributed by atoms with Gasteiger partial charge < -0.3 is 20.6 Å². The van der Waals surface area contributed by atoms with Crippen LogP contribution in [0.4, 0.5) is 4.79 Å². The number of nitrogens with zero attached hydrogens (tertiary/aromatic N) is 1. The standard InChI is InChI=1S/C14H25N3O4/c1-3-8-17(9-11(18)15-2)13(21)16-10-14(12(19)20)6-4-5-7-14/h3-10H2,1-2H3,(H,15,18)(H,16,21)(H,19,20). The summed E-state index contributed by atoms with van der Waals surface area (Å²) >= 11 is 0. The van der Waals surface area contributed by atoms with E-state index >= 15 is 0 Å². The maximum atomic E-state index is 12.1. The minimum absolute atomic E-state index is 0.0176. The van der Waals surface area contributed by atoms with Gasteiger partial charge in [0, 0.05) is 20.1 Å². The molecule has 0 bridgehead atoms. The lowest BCUT2D eigenvalue weighted by atomic mass is 9.86. The summed E-state index contributed by atoms with van der Waals surface area (Å²) in [5, 5.41) is 14.5. The van der Waals surface area contributed by atoms with Crippen molar-refractivity contribution in [2.75, 3.05) is 26.7 Å². The number of carboxylic acid groups (broad SMARTS) is 1. The fourth-order valence-electron chi connectivity index (χ4n) is 2.65. The lowest BCUT2D eigenvalue weighted by molar-refractivity contribution is -0.148. The molecule has 1 fully saturated rings. The van der Waals surface area contributed by atoms with Crippen molar-refractivity contribution in [2.24, 2.45) is 5.41 Å². The highest BCUT2D eigenvalue weighted by Gasteiger charge is 2.41. The largest absolute Gasteiger partial charge is 0.481 e. The van der Waals surface area contributed by atoms with E-state index in [9.17, 15) is 19.5 Å².